The van der Waals surface area contributed by atoms with Crippen molar-refractivity contribution in [2.75, 3.05) is 32.6 Å². The van der Waals surface area contributed by atoms with E-state index in [-0.39, 0.29) is 23.3 Å². The molecule has 0 heterocycles. The van der Waals surface area contributed by atoms with Crippen LogP contribution in [0.4, 0.5) is 4.79 Å². The number of carbonyl (C=O) groups excluding carboxylic acids is 4. The number of urea groups is 1. The Balaban J connectivity index is 2.54. The lowest BCUT2D eigenvalue weighted by molar-refractivity contribution is -0.123. The van der Waals surface area contributed by atoms with E-state index in [0.717, 1.165) is 0 Å². The highest BCUT2D eigenvalue weighted by Crippen LogP contribution is 2.23. The molecule has 0 aliphatic heterocycles. The SMILES string of the molecule is COCCNC(=O)CSc1ccccc1C(=O)OCC(=O)NC(=O)NC(C)C. The maximum atomic E-state index is 12.3. The third-order valence-electron chi connectivity index (χ3n) is 3.10. The summed E-state index contributed by atoms with van der Waals surface area (Å²) in [6.07, 6.45) is 0. The molecule has 28 heavy (non-hydrogen) atoms. The van der Waals surface area contributed by atoms with Crippen molar-refractivity contribution in [3.05, 3.63) is 29.8 Å². The molecule has 154 valence electrons. The number of thioether (sulfide) groups is 1. The number of methoxy groups -OCH3 is 1. The fraction of sp³-hybridized carbons (Fsp3) is 0.444. The van der Waals surface area contributed by atoms with Gasteiger partial charge in [-0.3, -0.25) is 14.9 Å². The molecule has 4 amide bonds. The number of imide groups is 1. The molecule has 0 saturated heterocycles. The van der Waals surface area contributed by atoms with E-state index < -0.39 is 24.5 Å². The van der Waals surface area contributed by atoms with Crippen molar-refractivity contribution in [2.24, 2.45) is 0 Å². The Hall–Kier alpha value is -2.59. The molecule has 1 aromatic carbocycles. The summed E-state index contributed by atoms with van der Waals surface area (Å²) in [5.41, 5.74) is 0.233. The molecule has 0 bridgehead atoms. The van der Waals surface area contributed by atoms with Crippen LogP contribution in [0.25, 0.3) is 0 Å². The normalized spacial score (nSPS) is 10.3. The van der Waals surface area contributed by atoms with Crippen molar-refractivity contribution in [3.8, 4) is 0 Å². The van der Waals surface area contributed by atoms with Gasteiger partial charge in [-0.25, -0.2) is 9.59 Å². The number of hydrogen-bond acceptors (Lipinski definition) is 7. The molecule has 9 nitrogen and oxygen atoms in total. The second-order valence-electron chi connectivity index (χ2n) is 5.88. The average molecular weight is 411 g/mol. The zero-order valence-corrected chi connectivity index (χ0v) is 16.9. The molecule has 0 aliphatic carbocycles. The van der Waals surface area contributed by atoms with E-state index >= 15 is 0 Å². The van der Waals surface area contributed by atoms with Gasteiger partial charge in [0.15, 0.2) is 6.61 Å². The maximum Gasteiger partial charge on any atom is 0.339 e. The predicted octanol–water partition coefficient (Wildman–Crippen LogP) is 0.932. The van der Waals surface area contributed by atoms with Crippen LogP contribution in [-0.2, 0) is 19.1 Å². The first kappa shape index (κ1) is 23.4. The second-order valence-corrected chi connectivity index (χ2v) is 6.90. The van der Waals surface area contributed by atoms with E-state index in [1.54, 1.807) is 39.2 Å². The zero-order valence-electron chi connectivity index (χ0n) is 16.1. The Morgan fingerprint density at radius 1 is 1.11 bits per heavy atom. The topological polar surface area (TPSA) is 123 Å². The Labute approximate surface area is 167 Å². The van der Waals surface area contributed by atoms with Crippen LogP contribution in [0.1, 0.15) is 24.2 Å². The van der Waals surface area contributed by atoms with Crippen molar-refractivity contribution < 1.29 is 28.7 Å². The minimum Gasteiger partial charge on any atom is -0.452 e. The molecule has 0 fully saturated rings. The molecule has 0 spiro atoms. The monoisotopic (exact) mass is 411 g/mol. The van der Waals surface area contributed by atoms with Gasteiger partial charge in [-0.1, -0.05) is 12.1 Å². The third kappa shape index (κ3) is 9.38. The third-order valence-corrected chi connectivity index (χ3v) is 4.17. The number of benzene rings is 1. The van der Waals surface area contributed by atoms with E-state index in [9.17, 15) is 19.2 Å². The van der Waals surface area contributed by atoms with Gasteiger partial charge in [0.05, 0.1) is 17.9 Å². The molecule has 1 aromatic rings. The molecule has 0 aliphatic rings. The number of hydrogen-bond donors (Lipinski definition) is 3. The minimum atomic E-state index is -0.742. The van der Waals surface area contributed by atoms with Gasteiger partial charge in [-0.2, -0.15) is 0 Å². The lowest BCUT2D eigenvalue weighted by Crippen LogP contribution is -2.44. The first-order chi connectivity index (χ1) is 13.3. The molecule has 0 unspecified atom stereocenters. The molecule has 0 radical (unpaired) electrons. The Kier molecular flexibility index (Phi) is 10.7. The molecular formula is C18H25N3O6S. The van der Waals surface area contributed by atoms with Gasteiger partial charge in [0.2, 0.25) is 5.91 Å². The summed E-state index contributed by atoms with van der Waals surface area (Å²) in [6.45, 7) is 3.71. The van der Waals surface area contributed by atoms with Crippen LogP contribution in [0.2, 0.25) is 0 Å². The van der Waals surface area contributed by atoms with Gasteiger partial charge in [-0.15, -0.1) is 11.8 Å². The summed E-state index contributed by atoms with van der Waals surface area (Å²) in [5.74, 6) is -1.54. The summed E-state index contributed by atoms with van der Waals surface area (Å²) >= 11 is 1.17. The Morgan fingerprint density at radius 2 is 1.82 bits per heavy atom. The number of esters is 1. The molecular weight excluding hydrogens is 386 g/mol. The van der Waals surface area contributed by atoms with Gasteiger partial charge in [0, 0.05) is 24.6 Å². The first-order valence-electron chi connectivity index (χ1n) is 8.58. The van der Waals surface area contributed by atoms with E-state index in [0.29, 0.717) is 18.0 Å². The molecule has 0 aromatic heterocycles. The Morgan fingerprint density at radius 3 is 2.50 bits per heavy atom. The second kappa shape index (κ2) is 12.7. The van der Waals surface area contributed by atoms with Crippen LogP contribution in [0, 0.1) is 0 Å². The van der Waals surface area contributed by atoms with Crippen LogP contribution < -0.4 is 16.0 Å². The summed E-state index contributed by atoms with van der Waals surface area (Å²) in [4.78, 5) is 47.7. The Bertz CT molecular complexity index is 696. The standard InChI is InChI=1S/C18H25N3O6S/c1-12(2)20-18(25)21-15(22)10-27-17(24)13-6-4-5-7-14(13)28-11-16(23)19-8-9-26-3/h4-7,12H,8-11H2,1-3H3,(H,19,23)(H2,20,21,22,25). The molecule has 0 atom stereocenters. The van der Waals surface area contributed by atoms with Crippen LogP contribution in [0.15, 0.2) is 29.2 Å². The molecule has 1 rings (SSSR count). The smallest absolute Gasteiger partial charge is 0.339 e. The van der Waals surface area contributed by atoms with Crippen LogP contribution in [0.3, 0.4) is 0 Å². The minimum absolute atomic E-state index is 0.115. The number of amides is 4. The molecule has 3 N–H and O–H groups in total. The van der Waals surface area contributed by atoms with Crippen molar-refractivity contribution >= 4 is 35.6 Å². The quantitative estimate of drug-likeness (QED) is 0.297. The fourth-order valence-corrected chi connectivity index (χ4v) is 2.79. The lowest BCUT2D eigenvalue weighted by atomic mass is 10.2. The highest BCUT2D eigenvalue weighted by atomic mass is 32.2. The van der Waals surface area contributed by atoms with Gasteiger partial charge in [0.1, 0.15) is 0 Å². The van der Waals surface area contributed by atoms with Gasteiger partial charge >= 0.3 is 12.0 Å². The lowest BCUT2D eigenvalue weighted by Gasteiger charge is -2.11. The zero-order chi connectivity index (χ0) is 20.9. The van der Waals surface area contributed by atoms with Crippen molar-refractivity contribution in [3.63, 3.8) is 0 Å². The van der Waals surface area contributed by atoms with Crippen molar-refractivity contribution in [2.45, 2.75) is 24.8 Å². The van der Waals surface area contributed by atoms with Gasteiger partial charge in [0.25, 0.3) is 5.91 Å². The molecule has 0 saturated carbocycles. The number of nitrogens with one attached hydrogen (secondary N) is 3. The van der Waals surface area contributed by atoms with E-state index in [1.165, 1.54) is 17.8 Å². The summed E-state index contributed by atoms with van der Waals surface area (Å²) in [6, 6.07) is 5.80. The maximum absolute atomic E-state index is 12.3. The van der Waals surface area contributed by atoms with E-state index in [2.05, 4.69) is 16.0 Å². The number of ether oxygens (including phenoxy) is 2. The van der Waals surface area contributed by atoms with Crippen molar-refractivity contribution in [1.82, 2.24) is 16.0 Å². The summed E-state index contributed by atoms with van der Waals surface area (Å²) in [7, 11) is 1.54. The highest BCUT2D eigenvalue weighted by molar-refractivity contribution is 8.00. The van der Waals surface area contributed by atoms with Crippen LogP contribution in [0.5, 0.6) is 0 Å². The van der Waals surface area contributed by atoms with Crippen LogP contribution >= 0.6 is 11.8 Å². The number of rotatable bonds is 10. The van der Waals surface area contributed by atoms with Gasteiger partial charge < -0.3 is 20.1 Å². The van der Waals surface area contributed by atoms with E-state index in [1.807, 2.05) is 0 Å². The first-order valence-corrected chi connectivity index (χ1v) is 9.57. The highest BCUT2D eigenvalue weighted by Gasteiger charge is 2.16. The van der Waals surface area contributed by atoms with Gasteiger partial charge in [-0.05, 0) is 26.0 Å². The van der Waals surface area contributed by atoms with E-state index in [4.69, 9.17) is 9.47 Å². The van der Waals surface area contributed by atoms with Crippen molar-refractivity contribution in [1.29, 1.82) is 0 Å². The summed E-state index contributed by atoms with van der Waals surface area (Å²) < 4.78 is 9.82. The van der Waals surface area contributed by atoms with Crippen LogP contribution in [-0.4, -0.2) is 62.5 Å². The summed E-state index contributed by atoms with van der Waals surface area (Å²) in [5, 5.41) is 7.23. The molecule has 10 heteroatoms. The average Bonchev–Trinajstić information content (AvgIpc) is 2.64. The largest absolute Gasteiger partial charge is 0.452 e. The fourth-order valence-electron chi connectivity index (χ4n) is 1.92. The number of carbonyl (C=O) groups is 4. The predicted molar refractivity (Wildman–Crippen MR) is 104 cm³/mol.